The van der Waals surface area contributed by atoms with Gasteiger partial charge in [0.2, 0.25) is 0 Å². The molecule has 0 spiro atoms. The summed E-state index contributed by atoms with van der Waals surface area (Å²) < 4.78 is 5.43. The fraction of sp³-hybridized carbons (Fsp3) is 0.333. The zero-order valence-corrected chi connectivity index (χ0v) is 11.9. The van der Waals surface area contributed by atoms with Crippen molar-refractivity contribution in [2.75, 3.05) is 12.4 Å². The van der Waals surface area contributed by atoms with E-state index in [4.69, 9.17) is 4.74 Å². The maximum atomic E-state index is 5.43. The minimum Gasteiger partial charge on any atom is -0.495 e. The lowest BCUT2D eigenvalue weighted by Gasteiger charge is -2.19. The lowest BCUT2D eigenvalue weighted by molar-refractivity contribution is 0.415. The van der Waals surface area contributed by atoms with Gasteiger partial charge in [-0.1, -0.05) is 19.1 Å². The van der Waals surface area contributed by atoms with Gasteiger partial charge in [0.15, 0.2) is 0 Å². The highest BCUT2D eigenvalue weighted by atomic mass is 32.1. The van der Waals surface area contributed by atoms with Crippen LogP contribution in [-0.4, -0.2) is 7.11 Å². The van der Waals surface area contributed by atoms with Gasteiger partial charge in [-0.3, -0.25) is 0 Å². The van der Waals surface area contributed by atoms with Crippen LogP contribution in [-0.2, 0) is 0 Å². The van der Waals surface area contributed by atoms with Crippen LogP contribution in [0, 0.1) is 6.92 Å². The molecule has 3 heteroatoms. The third-order valence-electron chi connectivity index (χ3n) is 2.98. The molecule has 0 aliphatic heterocycles. The van der Waals surface area contributed by atoms with Crippen molar-refractivity contribution >= 4 is 17.0 Å². The van der Waals surface area contributed by atoms with Crippen molar-refractivity contribution < 1.29 is 4.74 Å². The summed E-state index contributed by atoms with van der Waals surface area (Å²) in [5, 5.41) is 5.68. The van der Waals surface area contributed by atoms with Gasteiger partial charge in [0, 0.05) is 4.88 Å². The Balaban J connectivity index is 2.22. The zero-order chi connectivity index (χ0) is 13.0. The number of nitrogens with one attached hydrogen (secondary N) is 1. The topological polar surface area (TPSA) is 21.3 Å². The van der Waals surface area contributed by atoms with E-state index in [-0.39, 0.29) is 0 Å². The molecular formula is C15H19NOS. The molecule has 0 saturated heterocycles. The molecule has 1 aromatic carbocycles. The van der Waals surface area contributed by atoms with Crippen LogP contribution in [0.5, 0.6) is 5.75 Å². The van der Waals surface area contributed by atoms with Gasteiger partial charge in [-0.25, -0.2) is 0 Å². The van der Waals surface area contributed by atoms with Gasteiger partial charge in [-0.05, 0) is 42.5 Å². The zero-order valence-electron chi connectivity index (χ0n) is 11.1. The van der Waals surface area contributed by atoms with Crippen LogP contribution >= 0.6 is 11.3 Å². The number of hydrogen-bond donors (Lipinski definition) is 1. The molecule has 0 fully saturated rings. The van der Waals surface area contributed by atoms with E-state index >= 15 is 0 Å². The number of benzene rings is 1. The van der Waals surface area contributed by atoms with Crippen molar-refractivity contribution in [2.45, 2.75) is 26.3 Å². The summed E-state index contributed by atoms with van der Waals surface area (Å²) >= 11 is 1.79. The smallest absolute Gasteiger partial charge is 0.142 e. The summed E-state index contributed by atoms with van der Waals surface area (Å²) in [6.45, 7) is 4.26. The lowest BCUT2D eigenvalue weighted by Crippen LogP contribution is -2.09. The number of aryl methyl sites for hydroxylation is 1. The number of hydrogen-bond acceptors (Lipinski definition) is 3. The lowest BCUT2D eigenvalue weighted by atomic mass is 10.1. The molecule has 0 bridgehead atoms. The van der Waals surface area contributed by atoms with E-state index in [1.807, 2.05) is 0 Å². The summed E-state index contributed by atoms with van der Waals surface area (Å²) in [4.78, 5) is 1.36. The van der Waals surface area contributed by atoms with Crippen LogP contribution in [0.15, 0.2) is 35.7 Å². The van der Waals surface area contributed by atoms with Crippen LogP contribution in [0.4, 0.5) is 5.69 Å². The Labute approximate surface area is 113 Å². The SMILES string of the molecule is CCC(Nc1ccc(C)cc1OC)c1cccs1. The molecule has 2 aromatic rings. The van der Waals surface area contributed by atoms with E-state index in [0.717, 1.165) is 17.9 Å². The number of thiophene rings is 1. The van der Waals surface area contributed by atoms with Gasteiger partial charge < -0.3 is 10.1 Å². The first kappa shape index (κ1) is 13.0. The second kappa shape index (κ2) is 5.91. The van der Waals surface area contributed by atoms with Crippen molar-refractivity contribution in [3.05, 3.63) is 46.2 Å². The van der Waals surface area contributed by atoms with Gasteiger partial charge in [-0.2, -0.15) is 0 Å². The number of methoxy groups -OCH3 is 1. The molecule has 2 rings (SSSR count). The first-order valence-corrected chi connectivity index (χ1v) is 7.07. The molecule has 1 unspecified atom stereocenters. The third kappa shape index (κ3) is 2.85. The largest absolute Gasteiger partial charge is 0.495 e. The predicted molar refractivity (Wildman–Crippen MR) is 78.7 cm³/mol. The minimum atomic E-state index is 0.349. The van der Waals surface area contributed by atoms with E-state index in [1.165, 1.54) is 10.4 Å². The molecule has 1 heterocycles. The average molecular weight is 261 g/mol. The van der Waals surface area contributed by atoms with Crippen LogP contribution in [0.1, 0.15) is 29.8 Å². The first-order chi connectivity index (χ1) is 8.74. The van der Waals surface area contributed by atoms with E-state index in [2.05, 4.69) is 54.9 Å². The van der Waals surface area contributed by atoms with Gasteiger partial charge in [0.05, 0.1) is 18.8 Å². The Kier molecular flexibility index (Phi) is 4.26. The Bertz CT molecular complexity index is 493. The molecule has 1 aromatic heterocycles. The van der Waals surface area contributed by atoms with E-state index in [0.29, 0.717) is 6.04 Å². The van der Waals surface area contributed by atoms with Crippen LogP contribution in [0.2, 0.25) is 0 Å². The van der Waals surface area contributed by atoms with E-state index in [9.17, 15) is 0 Å². The predicted octanol–water partition coefficient (Wildman–Crippen LogP) is 4.63. The fourth-order valence-electron chi connectivity index (χ4n) is 1.97. The summed E-state index contributed by atoms with van der Waals surface area (Å²) in [6, 6.07) is 10.9. The molecule has 0 aliphatic rings. The van der Waals surface area contributed by atoms with E-state index in [1.54, 1.807) is 18.4 Å². The Morgan fingerprint density at radius 2 is 2.17 bits per heavy atom. The second-order valence-electron chi connectivity index (χ2n) is 4.32. The molecular weight excluding hydrogens is 242 g/mol. The van der Waals surface area contributed by atoms with Gasteiger partial charge in [0.25, 0.3) is 0 Å². The quantitative estimate of drug-likeness (QED) is 0.847. The van der Waals surface area contributed by atoms with Crippen molar-refractivity contribution in [1.82, 2.24) is 0 Å². The van der Waals surface area contributed by atoms with E-state index < -0.39 is 0 Å². The molecule has 1 N–H and O–H groups in total. The molecule has 0 aliphatic carbocycles. The second-order valence-corrected chi connectivity index (χ2v) is 5.30. The average Bonchev–Trinajstić information content (AvgIpc) is 2.91. The minimum absolute atomic E-state index is 0.349. The van der Waals surface area contributed by atoms with Crippen LogP contribution < -0.4 is 10.1 Å². The van der Waals surface area contributed by atoms with Crippen molar-refractivity contribution in [3.63, 3.8) is 0 Å². The molecule has 2 nitrogen and oxygen atoms in total. The third-order valence-corrected chi connectivity index (χ3v) is 3.97. The van der Waals surface area contributed by atoms with Gasteiger partial charge in [-0.15, -0.1) is 11.3 Å². The van der Waals surface area contributed by atoms with Crippen molar-refractivity contribution in [2.24, 2.45) is 0 Å². The normalized spacial score (nSPS) is 12.2. The molecule has 0 radical (unpaired) electrons. The maximum Gasteiger partial charge on any atom is 0.142 e. The summed E-state index contributed by atoms with van der Waals surface area (Å²) in [6.07, 6.45) is 1.05. The molecule has 0 saturated carbocycles. The number of ether oxygens (including phenoxy) is 1. The molecule has 1 atom stereocenters. The van der Waals surface area contributed by atoms with Gasteiger partial charge in [0.1, 0.15) is 5.75 Å². The van der Waals surface area contributed by atoms with Crippen molar-refractivity contribution in [3.8, 4) is 5.75 Å². The van der Waals surface area contributed by atoms with Crippen LogP contribution in [0.3, 0.4) is 0 Å². The Morgan fingerprint density at radius 3 is 2.78 bits per heavy atom. The summed E-state index contributed by atoms with van der Waals surface area (Å²) in [5.74, 6) is 0.907. The molecule has 96 valence electrons. The van der Waals surface area contributed by atoms with Crippen LogP contribution in [0.25, 0.3) is 0 Å². The summed E-state index contributed by atoms with van der Waals surface area (Å²) in [5.41, 5.74) is 2.27. The standard InChI is InChI=1S/C15H19NOS/c1-4-12(15-6-5-9-18-15)16-13-8-7-11(2)10-14(13)17-3/h5-10,12,16H,4H2,1-3H3. The number of rotatable bonds is 5. The Morgan fingerprint density at radius 1 is 1.33 bits per heavy atom. The Hall–Kier alpha value is -1.48. The highest BCUT2D eigenvalue weighted by Gasteiger charge is 2.12. The van der Waals surface area contributed by atoms with Crippen molar-refractivity contribution in [1.29, 1.82) is 0 Å². The monoisotopic (exact) mass is 261 g/mol. The highest BCUT2D eigenvalue weighted by Crippen LogP contribution is 2.31. The first-order valence-electron chi connectivity index (χ1n) is 6.19. The molecule has 0 amide bonds. The maximum absolute atomic E-state index is 5.43. The van der Waals surface area contributed by atoms with Gasteiger partial charge >= 0.3 is 0 Å². The number of anilines is 1. The highest BCUT2D eigenvalue weighted by molar-refractivity contribution is 7.10. The molecule has 18 heavy (non-hydrogen) atoms. The summed E-state index contributed by atoms with van der Waals surface area (Å²) in [7, 11) is 1.71. The fourth-order valence-corrected chi connectivity index (χ4v) is 2.83.